The maximum Gasteiger partial charge on any atom is 0.256 e. The van der Waals surface area contributed by atoms with Crippen LogP contribution in [-0.4, -0.2) is 24.3 Å². The summed E-state index contributed by atoms with van der Waals surface area (Å²) in [7, 11) is 1.67. The number of anilines is 1. The number of rotatable bonds is 5. The Hall–Kier alpha value is -2.69. The summed E-state index contributed by atoms with van der Waals surface area (Å²) in [4.78, 5) is 24.7. The van der Waals surface area contributed by atoms with E-state index in [0.29, 0.717) is 24.2 Å². The Bertz CT molecular complexity index is 684. The Morgan fingerprint density at radius 3 is 2.55 bits per heavy atom. The van der Waals surface area contributed by atoms with Crippen LogP contribution in [0, 0.1) is 12.7 Å². The van der Waals surface area contributed by atoms with Gasteiger partial charge < -0.3 is 10.2 Å². The van der Waals surface area contributed by atoms with Gasteiger partial charge in [-0.25, -0.2) is 4.39 Å². The summed E-state index contributed by atoms with van der Waals surface area (Å²) in [6, 6.07) is 11.2. The lowest BCUT2D eigenvalue weighted by Crippen LogP contribution is -2.27. The third-order valence-corrected chi connectivity index (χ3v) is 3.30. The Labute approximate surface area is 128 Å². The zero-order chi connectivity index (χ0) is 16.1. The van der Waals surface area contributed by atoms with Crippen LogP contribution >= 0.6 is 0 Å². The van der Waals surface area contributed by atoms with E-state index in [-0.39, 0.29) is 11.7 Å². The summed E-state index contributed by atoms with van der Waals surface area (Å²) in [5, 5.41) is 2.53. The van der Waals surface area contributed by atoms with Crippen molar-refractivity contribution < 1.29 is 14.0 Å². The minimum atomic E-state index is -0.311. The van der Waals surface area contributed by atoms with Crippen LogP contribution in [0.2, 0.25) is 0 Å². The van der Waals surface area contributed by atoms with Crippen LogP contribution in [-0.2, 0) is 11.3 Å². The average molecular weight is 300 g/mol. The smallest absolute Gasteiger partial charge is 0.256 e. The summed E-state index contributed by atoms with van der Waals surface area (Å²) >= 11 is 0. The first kappa shape index (κ1) is 15.7. The number of nitrogens with zero attached hydrogens (tertiary/aromatic N) is 1. The van der Waals surface area contributed by atoms with E-state index in [0.717, 1.165) is 11.1 Å². The van der Waals surface area contributed by atoms with E-state index < -0.39 is 0 Å². The fourth-order valence-corrected chi connectivity index (χ4v) is 2.17. The van der Waals surface area contributed by atoms with E-state index in [1.165, 1.54) is 17.0 Å². The van der Waals surface area contributed by atoms with E-state index in [2.05, 4.69) is 5.32 Å². The van der Waals surface area contributed by atoms with E-state index >= 15 is 0 Å². The quantitative estimate of drug-likeness (QED) is 0.863. The highest BCUT2D eigenvalue weighted by Gasteiger charge is 2.16. The normalized spacial score (nSPS) is 10.1. The molecule has 0 unspecified atom stereocenters. The topological polar surface area (TPSA) is 49.4 Å². The standard InChI is InChI=1S/C17H17FN2O2/c1-12-3-8-16(19-11-21)15(9-12)17(22)20(2)10-13-4-6-14(18)7-5-13/h3-9,11H,10H2,1-2H3,(H,19,21). The third-order valence-electron chi connectivity index (χ3n) is 3.30. The highest BCUT2D eigenvalue weighted by atomic mass is 19.1. The Balaban J connectivity index is 2.21. The van der Waals surface area contributed by atoms with Gasteiger partial charge in [-0.3, -0.25) is 9.59 Å². The van der Waals surface area contributed by atoms with Crippen molar-refractivity contribution in [3.8, 4) is 0 Å². The zero-order valence-corrected chi connectivity index (χ0v) is 12.5. The monoisotopic (exact) mass is 300 g/mol. The molecule has 0 saturated heterocycles. The number of carbonyl (C=O) groups excluding carboxylic acids is 2. The van der Waals surface area contributed by atoms with Crippen molar-refractivity contribution in [1.82, 2.24) is 4.90 Å². The molecule has 0 heterocycles. The van der Waals surface area contributed by atoms with Crippen molar-refractivity contribution in [2.45, 2.75) is 13.5 Å². The van der Waals surface area contributed by atoms with Crippen molar-refractivity contribution in [1.29, 1.82) is 0 Å². The molecule has 0 radical (unpaired) electrons. The lowest BCUT2D eigenvalue weighted by Gasteiger charge is -2.19. The van der Waals surface area contributed by atoms with Gasteiger partial charge in [-0.2, -0.15) is 0 Å². The summed E-state index contributed by atoms with van der Waals surface area (Å²) in [6.07, 6.45) is 0.543. The van der Waals surface area contributed by atoms with Gasteiger partial charge in [-0.05, 0) is 36.8 Å². The Morgan fingerprint density at radius 2 is 1.91 bits per heavy atom. The minimum Gasteiger partial charge on any atom is -0.337 e. The Morgan fingerprint density at radius 1 is 1.23 bits per heavy atom. The van der Waals surface area contributed by atoms with Crippen LogP contribution in [0.5, 0.6) is 0 Å². The number of benzene rings is 2. The molecule has 5 heteroatoms. The lowest BCUT2D eigenvalue weighted by atomic mass is 10.1. The first-order chi connectivity index (χ1) is 10.5. The number of amides is 2. The molecule has 0 aliphatic carbocycles. The first-order valence-electron chi connectivity index (χ1n) is 6.82. The fraction of sp³-hybridized carbons (Fsp3) is 0.176. The maximum absolute atomic E-state index is 12.9. The van der Waals surface area contributed by atoms with Crippen molar-refractivity contribution in [3.05, 3.63) is 65.0 Å². The second-order valence-corrected chi connectivity index (χ2v) is 5.10. The van der Waals surface area contributed by atoms with E-state index in [1.54, 1.807) is 31.3 Å². The Kier molecular flexibility index (Phi) is 4.88. The lowest BCUT2D eigenvalue weighted by molar-refractivity contribution is -0.105. The molecule has 2 aromatic carbocycles. The molecule has 0 bridgehead atoms. The van der Waals surface area contributed by atoms with Crippen molar-refractivity contribution >= 4 is 18.0 Å². The number of nitrogens with one attached hydrogen (secondary N) is 1. The van der Waals surface area contributed by atoms with Gasteiger partial charge in [0.2, 0.25) is 6.41 Å². The van der Waals surface area contributed by atoms with E-state index in [4.69, 9.17) is 0 Å². The first-order valence-corrected chi connectivity index (χ1v) is 6.82. The number of hydrogen-bond donors (Lipinski definition) is 1. The molecular formula is C17H17FN2O2. The number of aryl methyl sites for hydroxylation is 1. The SMILES string of the molecule is Cc1ccc(NC=O)c(C(=O)N(C)Cc2ccc(F)cc2)c1. The van der Waals surface area contributed by atoms with Crippen molar-refractivity contribution in [2.75, 3.05) is 12.4 Å². The molecule has 0 saturated carbocycles. The third kappa shape index (κ3) is 3.69. The van der Waals surface area contributed by atoms with Crippen LogP contribution < -0.4 is 5.32 Å². The molecule has 0 spiro atoms. The molecule has 0 aromatic heterocycles. The predicted octanol–water partition coefficient (Wildman–Crippen LogP) is 2.97. The average Bonchev–Trinajstić information content (AvgIpc) is 2.50. The number of halogens is 1. The highest BCUT2D eigenvalue weighted by Crippen LogP contribution is 2.19. The second kappa shape index (κ2) is 6.85. The molecule has 22 heavy (non-hydrogen) atoms. The molecule has 0 fully saturated rings. The molecule has 2 rings (SSSR count). The van der Waals surface area contributed by atoms with Gasteiger partial charge >= 0.3 is 0 Å². The summed E-state index contributed by atoms with van der Waals surface area (Å²) in [5.41, 5.74) is 2.65. The predicted molar refractivity (Wildman–Crippen MR) is 83.1 cm³/mol. The van der Waals surface area contributed by atoms with Crippen molar-refractivity contribution in [2.24, 2.45) is 0 Å². The maximum atomic E-state index is 12.9. The molecule has 4 nitrogen and oxygen atoms in total. The molecule has 0 aliphatic heterocycles. The minimum absolute atomic E-state index is 0.211. The van der Waals surface area contributed by atoms with Crippen LogP contribution in [0.25, 0.3) is 0 Å². The molecule has 114 valence electrons. The van der Waals surface area contributed by atoms with Crippen LogP contribution in [0.4, 0.5) is 10.1 Å². The highest BCUT2D eigenvalue weighted by molar-refractivity contribution is 6.01. The molecular weight excluding hydrogens is 283 g/mol. The molecule has 0 aliphatic rings. The van der Waals surface area contributed by atoms with Crippen LogP contribution in [0.1, 0.15) is 21.5 Å². The van der Waals surface area contributed by atoms with Gasteiger partial charge in [0.1, 0.15) is 5.82 Å². The van der Waals surface area contributed by atoms with Gasteiger partial charge in [-0.15, -0.1) is 0 Å². The summed E-state index contributed by atoms with van der Waals surface area (Å²) < 4.78 is 12.9. The number of carbonyl (C=O) groups is 2. The van der Waals surface area contributed by atoms with Gasteiger partial charge in [0.15, 0.2) is 0 Å². The zero-order valence-electron chi connectivity index (χ0n) is 12.5. The molecule has 2 amide bonds. The fourth-order valence-electron chi connectivity index (χ4n) is 2.17. The van der Waals surface area contributed by atoms with Crippen LogP contribution in [0.15, 0.2) is 42.5 Å². The van der Waals surface area contributed by atoms with Gasteiger partial charge in [0.05, 0.1) is 11.3 Å². The van der Waals surface area contributed by atoms with Gasteiger partial charge in [0.25, 0.3) is 5.91 Å². The molecule has 1 N–H and O–H groups in total. The summed E-state index contributed by atoms with van der Waals surface area (Å²) in [5.74, 6) is -0.522. The van der Waals surface area contributed by atoms with Gasteiger partial charge in [-0.1, -0.05) is 23.8 Å². The molecule has 0 atom stereocenters. The van der Waals surface area contributed by atoms with E-state index in [9.17, 15) is 14.0 Å². The van der Waals surface area contributed by atoms with E-state index in [1.807, 2.05) is 13.0 Å². The van der Waals surface area contributed by atoms with Crippen molar-refractivity contribution in [3.63, 3.8) is 0 Å². The molecule has 2 aromatic rings. The number of hydrogen-bond acceptors (Lipinski definition) is 2. The second-order valence-electron chi connectivity index (χ2n) is 5.10. The van der Waals surface area contributed by atoms with Gasteiger partial charge in [0, 0.05) is 13.6 Å². The largest absolute Gasteiger partial charge is 0.337 e. The summed E-state index contributed by atoms with van der Waals surface area (Å²) in [6.45, 7) is 2.23. The van der Waals surface area contributed by atoms with Crippen LogP contribution in [0.3, 0.4) is 0 Å².